The van der Waals surface area contributed by atoms with Gasteiger partial charge in [-0.3, -0.25) is 4.98 Å². The molecule has 2 unspecified atom stereocenters. The van der Waals surface area contributed by atoms with E-state index in [1.165, 1.54) is 0 Å². The van der Waals surface area contributed by atoms with E-state index in [0.29, 0.717) is 24.9 Å². The van der Waals surface area contributed by atoms with E-state index in [4.69, 9.17) is 15.1 Å². The zero-order chi connectivity index (χ0) is 25.5. The third-order valence-corrected chi connectivity index (χ3v) is 5.59. The van der Waals surface area contributed by atoms with Crippen LogP contribution in [0, 0.1) is 11.3 Å². The fourth-order valence-corrected chi connectivity index (χ4v) is 3.65. The van der Waals surface area contributed by atoms with Crippen molar-refractivity contribution in [3.63, 3.8) is 0 Å². The van der Waals surface area contributed by atoms with Gasteiger partial charge in [0.15, 0.2) is 0 Å². The zero-order valence-corrected chi connectivity index (χ0v) is 20.8. The number of aromatic nitrogens is 1. The van der Waals surface area contributed by atoms with Crippen molar-refractivity contribution in [1.29, 1.82) is 5.26 Å². The maximum Gasteiger partial charge on any atom is 0.410 e. The Morgan fingerprint density at radius 2 is 1.71 bits per heavy atom. The highest BCUT2D eigenvalue weighted by Crippen LogP contribution is 2.28. The van der Waals surface area contributed by atoms with Crippen molar-refractivity contribution in [2.24, 2.45) is 0 Å². The largest absolute Gasteiger partial charge is 0.446 e. The second kappa shape index (κ2) is 15.3. The molecule has 2 aromatic carbocycles. The zero-order valence-electron chi connectivity index (χ0n) is 20.8. The molecule has 1 fully saturated rings. The molecule has 1 saturated heterocycles. The summed E-state index contributed by atoms with van der Waals surface area (Å²) in [7, 11) is 0. The van der Waals surface area contributed by atoms with Gasteiger partial charge < -0.3 is 14.7 Å². The number of nitrogens with zero attached hydrogens (tertiary/aromatic N) is 3. The van der Waals surface area contributed by atoms with Crippen LogP contribution in [0.1, 0.15) is 57.2 Å². The van der Waals surface area contributed by atoms with Gasteiger partial charge in [0, 0.05) is 31.3 Å². The second-order valence-electron chi connectivity index (χ2n) is 7.85. The van der Waals surface area contributed by atoms with Gasteiger partial charge >= 0.3 is 6.09 Å². The Balaban J connectivity index is 0.000000463. The van der Waals surface area contributed by atoms with Crippen molar-refractivity contribution in [2.45, 2.75) is 52.2 Å². The summed E-state index contributed by atoms with van der Waals surface area (Å²) < 4.78 is 5.50. The highest BCUT2D eigenvalue weighted by atomic mass is 16.6. The number of ether oxygens (including phenoxy) is 1. The normalized spacial score (nSPS) is 15.3. The van der Waals surface area contributed by atoms with Crippen LogP contribution < -0.4 is 0 Å². The van der Waals surface area contributed by atoms with E-state index in [1.54, 1.807) is 17.2 Å². The molecule has 0 aliphatic carbocycles. The highest BCUT2D eigenvalue weighted by Gasteiger charge is 2.30. The number of carbonyl (C=O) groups is 1. The number of hydrogen-bond acceptors (Lipinski definition) is 5. The van der Waals surface area contributed by atoms with E-state index in [-0.39, 0.29) is 24.8 Å². The summed E-state index contributed by atoms with van der Waals surface area (Å²) in [6.07, 6.45) is 3.30. The van der Waals surface area contributed by atoms with Gasteiger partial charge in [0.1, 0.15) is 12.2 Å². The topological polar surface area (TPSA) is 86.5 Å². The molecule has 0 bridgehead atoms. The first-order chi connectivity index (χ1) is 17.1. The molecule has 1 aromatic heterocycles. The molecule has 0 radical (unpaired) electrons. The van der Waals surface area contributed by atoms with Crippen LogP contribution in [0.2, 0.25) is 0 Å². The van der Waals surface area contributed by atoms with Crippen molar-refractivity contribution in [1.82, 2.24) is 9.88 Å². The summed E-state index contributed by atoms with van der Waals surface area (Å²) in [5.74, 6) is 0. The quantitative estimate of drug-likeness (QED) is 0.449. The molecular weight excluding hydrogens is 438 g/mol. The number of rotatable bonds is 6. The van der Waals surface area contributed by atoms with Crippen LogP contribution in [0.5, 0.6) is 0 Å². The summed E-state index contributed by atoms with van der Waals surface area (Å²) in [6, 6.07) is 25.5. The molecule has 35 heavy (non-hydrogen) atoms. The molecule has 1 N–H and O–H groups in total. The molecule has 2 atom stereocenters. The van der Waals surface area contributed by atoms with Gasteiger partial charge in [0.2, 0.25) is 0 Å². The number of amides is 1. The SMILES string of the molecule is CC.CC(c1ccc(-c2ccc(C#N)cn2)cc1)N1CCC(CCCO)OC1=O.c1ccccc1. The molecule has 1 aliphatic rings. The summed E-state index contributed by atoms with van der Waals surface area (Å²) in [4.78, 5) is 18.4. The second-order valence-corrected chi connectivity index (χ2v) is 7.85. The fourth-order valence-electron chi connectivity index (χ4n) is 3.65. The lowest BCUT2D eigenvalue weighted by molar-refractivity contribution is 0.00760. The number of aliphatic hydroxyl groups is 1. The van der Waals surface area contributed by atoms with Crippen molar-refractivity contribution in [3.05, 3.63) is 90.1 Å². The van der Waals surface area contributed by atoms with Gasteiger partial charge in [0.05, 0.1) is 17.3 Å². The average molecular weight is 474 g/mol. The fraction of sp³-hybridized carbons (Fsp3) is 0.345. The Bertz CT molecular complexity index is 1000. The average Bonchev–Trinajstić information content (AvgIpc) is 2.94. The van der Waals surface area contributed by atoms with E-state index in [9.17, 15) is 4.79 Å². The van der Waals surface area contributed by atoms with Crippen LogP contribution in [-0.2, 0) is 4.74 Å². The minimum Gasteiger partial charge on any atom is -0.446 e. The lowest BCUT2D eigenvalue weighted by Gasteiger charge is -2.35. The van der Waals surface area contributed by atoms with Gasteiger partial charge in [-0.1, -0.05) is 74.5 Å². The minimum atomic E-state index is -0.297. The predicted molar refractivity (Wildman–Crippen MR) is 139 cm³/mol. The molecule has 1 aliphatic heterocycles. The van der Waals surface area contributed by atoms with Crippen LogP contribution >= 0.6 is 0 Å². The molecule has 1 amide bonds. The first kappa shape index (κ1) is 27.6. The molecule has 0 saturated carbocycles. The van der Waals surface area contributed by atoms with Gasteiger partial charge in [-0.2, -0.15) is 5.26 Å². The number of nitriles is 1. The van der Waals surface area contributed by atoms with Crippen LogP contribution in [0.3, 0.4) is 0 Å². The Labute approximate surface area is 208 Å². The highest BCUT2D eigenvalue weighted by molar-refractivity contribution is 5.69. The Morgan fingerprint density at radius 3 is 2.20 bits per heavy atom. The van der Waals surface area contributed by atoms with E-state index in [1.807, 2.05) is 87.5 Å². The van der Waals surface area contributed by atoms with E-state index < -0.39 is 0 Å². The number of cyclic esters (lactones) is 1. The van der Waals surface area contributed by atoms with Crippen LogP contribution in [0.15, 0.2) is 79.0 Å². The minimum absolute atomic E-state index is 0.0840. The van der Waals surface area contributed by atoms with E-state index >= 15 is 0 Å². The van der Waals surface area contributed by atoms with Crippen LogP contribution in [-0.4, -0.2) is 40.3 Å². The predicted octanol–water partition coefficient (Wildman–Crippen LogP) is 6.38. The van der Waals surface area contributed by atoms with E-state index in [2.05, 4.69) is 11.1 Å². The van der Waals surface area contributed by atoms with Crippen molar-refractivity contribution < 1.29 is 14.6 Å². The van der Waals surface area contributed by atoms with Gasteiger partial charge in [-0.05, 0) is 37.5 Å². The Morgan fingerprint density at radius 1 is 1.09 bits per heavy atom. The number of pyridine rings is 1. The standard InChI is InChI=1S/C21H23N3O3.C6H6.C2H6/c1-15(24-11-10-19(3-2-12-25)27-21(24)26)17-5-7-18(8-6-17)20-9-4-16(13-22)14-23-20;1-2-4-6-5-3-1;1-2/h4-9,14-15,19,25H,2-3,10-12H2,1H3;1-6H;1-2H3. The third-order valence-electron chi connectivity index (χ3n) is 5.59. The molecule has 2 heterocycles. The Hall–Kier alpha value is -3.69. The number of aliphatic hydroxyl groups excluding tert-OH is 1. The summed E-state index contributed by atoms with van der Waals surface area (Å²) >= 11 is 0. The Kier molecular flexibility index (Phi) is 12.0. The molecular formula is C29H35N3O3. The monoisotopic (exact) mass is 473 g/mol. The number of benzene rings is 2. The van der Waals surface area contributed by atoms with Gasteiger partial charge in [0.25, 0.3) is 0 Å². The molecule has 6 heteroatoms. The number of carbonyl (C=O) groups excluding carboxylic acids is 1. The molecule has 184 valence electrons. The summed E-state index contributed by atoms with van der Waals surface area (Å²) in [6.45, 7) is 6.76. The maximum atomic E-state index is 12.3. The lowest BCUT2D eigenvalue weighted by Crippen LogP contribution is -2.43. The molecule has 6 nitrogen and oxygen atoms in total. The number of hydrogen-bond donors (Lipinski definition) is 1. The summed E-state index contributed by atoms with van der Waals surface area (Å²) in [5.41, 5.74) is 3.32. The van der Waals surface area contributed by atoms with E-state index in [0.717, 1.165) is 23.2 Å². The van der Waals surface area contributed by atoms with Gasteiger partial charge in [-0.15, -0.1) is 0 Å². The van der Waals surface area contributed by atoms with Crippen LogP contribution in [0.4, 0.5) is 4.79 Å². The van der Waals surface area contributed by atoms with Gasteiger partial charge in [-0.25, -0.2) is 4.79 Å². The van der Waals surface area contributed by atoms with Crippen molar-refractivity contribution in [3.8, 4) is 17.3 Å². The first-order valence-electron chi connectivity index (χ1n) is 12.2. The first-order valence-corrected chi connectivity index (χ1v) is 12.2. The molecule has 4 rings (SSSR count). The van der Waals surface area contributed by atoms with Crippen molar-refractivity contribution >= 4 is 6.09 Å². The van der Waals surface area contributed by atoms with Crippen LogP contribution in [0.25, 0.3) is 11.3 Å². The lowest BCUT2D eigenvalue weighted by atomic mass is 10.0. The molecule has 3 aromatic rings. The third kappa shape index (κ3) is 8.55. The molecule has 0 spiro atoms. The smallest absolute Gasteiger partial charge is 0.410 e. The maximum absolute atomic E-state index is 12.3. The van der Waals surface area contributed by atoms with Crippen molar-refractivity contribution in [2.75, 3.05) is 13.2 Å². The summed E-state index contributed by atoms with van der Waals surface area (Å²) in [5, 5.41) is 17.8.